The highest BCUT2D eigenvalue weighted by molar-refractivity contribution is 14.1. The molecule has 1 amide bonds. The van der Waals surface area contributed by atoms with E-state index < -0.39 is 0 Å². The zero-order valence-corrected chi connectivity index (χ0v) is 17.4. The van der Waals surface area contributed by atoms with Crippen molar-refractivity contribution in [3.63, 3.8) is 0 Å². The second-order valence-electron chi connectivity index (χ2n) is 6.76. The zero-order valence-electron chi connectivity index (χ0n) is 15.2. The number of nitrogens with one attached hydrogen (secondary N) is 1. The van der Waals surface area contributed by atoms with E-state index in [2.05, 4.69) is 68.9 Å². The van der Waals surface area contributed by atoms with Gasteiger partial charge < -0.3 is 10.2 Å². The van der Waals surface area contributed by atoms with Gasteiger partial charge in [-0.3, -0.25) is 9.69 Å². The molecule has 4 nitrogen and oxygen atoms in total. The third-order valence-electron chi connectivity index (χ3n) is 4.79. The van der Waals surface area contributed by atoms with Crippen LogP contribution in [0.3, 0.4) is 0 Å². The molecular weight excluding hydrogens is 437 g/mol. The van der Waals surface area contributed by atoms with Crippen LogP contribution >= 0.6 is 22.6 Å². The van der Waals surface area contributed by atoms with Crippen molar-refractivity contribution >= 4 is 34.2 Å². The van der Waals surface area contributed by atoms with Gasteiger partial charge in [-0.25, -0.2) is 0 Å². The minimum Gasteiger partial charge on any atom is -0.369 e. The molecule has 2 aromatic carbocycles. The highest BCUT2D eigenvalue weighted by Crippen LogP contribution is 2.17. The summed E-state index contributed by atoms with van der Waals surface area (Å²) in [6.07, 6.45) is 0.986. The van der Waals surface area contributed by atoms with Gasteiger partial charge >= 0.3 is 0 Å². The molecule has 0 bridgehead atoms. The van der Waals surface area contributed by atoms with Gasteiger partial charge in [-0.2, -0.15) is 0 Å². The Bertz CT molecular complexity index is 742. The van der Waals surface area contributed by atoms with Crippen LogP contribution in [0, 0.1) is 10.5 Å². The molecule has 0 aromatic heterocycles. The van der Waals surface area contributed by atoms with E-state index in [1.54, 1.807) is 0 Å². The fourth-order valence-electron chi connectivity index (χ4n) is 3.30. The maximum absolute atomic E-state index is 12.2. The molecule has 138 valence electrons. The first-order valence-electron chi connectivity index (χ1n) is 9.20. The molecule has 0 saturated carbocycles. The van der Waals surface area contributed by atoms with E-state index >= 15 is 0 Å². The van der Waals surface area contributed by atoms with Gasteiger partial charge in [-0.1, -0.05) is 24.3 Å². The number of aryl methyl sites for hydroxylation is 1. The minimum absolute atomic E-state index is 0.0271. The maximum Gasteiger partial charge on any atom is 0.252 e. The summed E-state index contributed by atoms with van der Waals surface area (Å²) in [7, 11) is 0. The Morgan fingerprint density at radius 1 is 1.08 bits per heavy atom. The lowest BCUT2D eigenvalue weighted by Crippen LogP contribution is -2.47. The minimum atomic E-state index is 0.0271. The number of piperazine rings is 1. The van der Waals surface area contributed by atoms with Crippen LogP contribution in [0.25, 0.3) is 0 Å². The Morgan fingerprint density at radius 2 is 1.85 bits per heavy atom. The Morgan fingerprint density at radius 3 is 2.58 bits per heavy atom. The number of carbonyl (C=O) groups is 1. The van der Waals surface area contributed by atoms with Gasteiger partial charge in [0.25, 0.3) is 5.91 Å². The van der Waals surface area contributed by atoms with Gasteiger partial charge in [-0.05, 0) is 72.3 Å². The quantitative estimate of drug-likeness (QED) is 0.526. The molecule has 5 heteroatoms. The van der Waals surface area contributed by atoms with Crippen LogP contribution in [-0.2, 0) is 0 Å². The Labute approximate surface area is 169 Å². The molecule has 0 radical (unpaired) electrons. The second kappa shape index (κ2) is 9.37. The Kier molecular flexibility index (Phi) is 6.91. The van der Waals surface area contributed by atoms with Gasteiger partial charge in [-0.15, -0.1) is 0 Å². The van der Waals surface area contributed by atoms with Gasteiger partial charge in [0.1, 0.15) is 0 Å². The Balaban J connectivity index is 1.37. The standard InChI is InChI=1S/C21H26IN3O/c1-17-6-4-7-18(16-17)25-14-12-24(13-15-25)11-5-10-23-21(26)19-8-2-3-9-20(19)22/h2-4,6-9,16H,5,10-15H2,1H3,(H,23,26). The monoisotopic (exact) mass is 463 g/mol. The number of amides is 1. The molecule has 1 heterocycles. The molecule has 0 aliphatic carbocycles. The third kappa shape index (κ3) is 5.20. The summed E-state index contributed by atoms with van der Waals surface area (Å²) in [6.45, 7) is 8.20. The van der Waals surface area contributed by atoms with Crippen molar-refractivity contribution in [2.45, 2.75) is 13.3 Å². The summed E-state index contributed by atoms with van der Waals surface area (Å²) in [5, 5.41) is 3.04. The molecule has 1 saturated heterocycles. The summed E-state index contributed by atoms with van der Waals surface area (Å²) in [5.74, 6) is 0.0271. The number of hydrogen-bond donors (Lipinski definition) is 1. The summed E-state index contributed by atoms with van der Waals surface area (Å²) in [5.41, 5.74) is 3.41. The Hall–Kier alpha value is -1.60. The fourth-order valence-corrected chi connectivity index (χ4v) is 3.93. The van der Waals surface area contributed by atoms with E-state index in [1.807, 2.05) is 24.3 Å². The smallest absolute Gasteiger partial charge is 0.252 e. The van der Waals surface area contributed by atoms with E-state index in [1.165, 1.54) is 11.3 Å². The number of carbonyl (C=O) groups excluding carboxylic acids is 1. The van der Waals surface area contributed by atoms with Crippen molar-refractivity contribution in [2.24, 2.45) is 0 Å². The van der Waals surface area contributed by atoms with Crippen molar-refractivity contribution < 1.29 is 4.79 Å². The topological polar surface area (TPSA) is 35.6 Å². The number of anilines is 1. The second-order valence-corrected chi connectivity index (χ2v) is 7.92. The zero-order chi connectivity index (χ0) is 18.4. The molecule has 0 atom stereocenters. The van der Waals surface area contributed by atoms with Gasteiger partial charge in [0.15, 0.2) is 0 Å². The predicted octanol–water partition coefficient (Wildman–Crippen LogP) is 3.54. The average Bonchev–Trinajstić information content (AvgIpc) is 2.66. The first-order chi connectivity index (χ1) is 12.6. The summed E-state index contributed by atoms with van der Waals surface area (Å²) in [6, 6.07) is 16.4. The predicted molar refractivity (Wildman–Crippen MR) is 116 cm³/mol. The van der Waals surface area contributed by atoms with E-state index in [9.17, 15) is 4.79 Å². The van der Waals surface area contributed by atoms with Crippen LogP contribution in [0.4, 0.5) is 5.69 Å². The maximum atomic E-state index is 12.2. The summed E-state index contributed by atoms with van der Waals surface area (Å²) >= 11 is 2.21. The average molecular weight is 463 g/mol. The number of nitrogens with zero attached hydrogens (tertiary/aromatic N) is 2. The third-order valence-corrected chi connectivity index (χ3v) is 5.73. The van der Waals surface area contributed by atoms with Crippen LogP contribution < -0.4 is 10.2 Å². The first-order valence-corrected chi connectivity index (χ1v) is 10.3. The van der Waals surface area contributed by atoms with Crippen molar-refractivity contribution in [2.75, 3.05) is 44.2 Å². The van der Waals surface area contributed by atoms with Crippen molar-refractivity contribution in [1.82, 2.24) is 10.2 Å². The molecule has 1 aliphatic heterocycles. The number of benzene rings is 2. The van der Waals surface area contributed by atoms with Crippen LogP contribution in [0.15, 0.2) is 48.5 Å². The van der Waals surface area contributed by atoms with Crippen molar-refractivity contribution in [3.05, 3.63) is 63.2 Å². The lowest BCUT2D eigenvalue weighted by molar-refractivity contribution is 0.0950. The van der Waals surface area contributed by atoms with Crippen molar-refractivity contribution in [1.29, 1.82) is 0 Å². The molecule has 3 rings (SSSR count). The van der Waals surface area contributed by atoms with E-state index in [-0.39, 0.29) is 5.91 Å². The lowest BCUT2D eigenvalue weighted by atomic mass is 10.2. The van der Waals surface area contributed by atoms with Crippen LogP contribution in [0.2, 0.25) is 0 Å². The van der Waals surface area contributed by atoms with Crippen LogP contribution in [0.5, 0.6) is 0 Å². The van der Waals surface area contributed by atoms with E-state index in [0.29, 0.717) is 0 Å². The van der Waals surface area contributed by atoms with Gasteiger partial charge in [0, 0.05) is 42.0 Å². The molecule has 1 N–H and O–H groups in total. The van der Waals surface area contributed by atoms with E-state index in [0.717, 1.165) is 54.8 Å². The number of hydrogen-bond acceptors (Lipinski definition) is 3. The van der Waals surface area contributed by atoms with E-state index in [4.69, 9.17) is 0 Å². The first kappa shape index (κ1) is 19.2. The normalized spacial score (nSPS) is 15.1. The molecule has 0 spiro atoms. The van der Waals surface area contributed by atoms with Gasteiger partial charge in [0.05, 0.1) is 5.56 Å². The molecule has 1 aliphatic rings. The van der Waals surface area contributed by atoms with Crippen molar-refractivity contribution in [3.8, 4) is 0 Å². The fraction of sp³-hybridized carbons (Fsp3) is 0.381. The largest absolute Gasteiger partial charge is 0.369 e. The SMILES string of the molecule is Cc1cccc(N2CCN(CCCNC(=O)c3ccccc3I)CC2)c1. The molecule has 2 aromatic rings. The molecule has 0 unspecified atom stereocenters. The van der Waals surface area contributed by atoms with Crippen LogP contribution in [0.1, 0.15) is 22.3 Å². The number of halogens is 1. The molecular formula is C21H26IN3O. The highest BCUT2D eigenvalue weighted by atomic mass is 127. The lowest BCUT2D eigenvalue weighted by Gasteiger charge is -2.36. The molecule has 1 fully saturated rings. The molecule has 26 heavy (non-hydrogen) atoms. The number of rotatable bonds is 6. The summed E-state index contributed by atoms with van der Waals surface area (Å²) < 4.78 is 0.995. The highest BCUT2D eigenvalue weighted by Gasteiger charge is 2.17. The van der Waals surface area contributed by atoms with Gasteiger partial charge in [0.2, 0.25) is 0 Å². The van der Waals surface area contributed by atoms with Crippen LogP contribution in [-0.4, -0.2) is 50.1 Å². The summed E-state index contributed by atoms with van der Waals surface area (Å²) in [4.78, 5) is 17.2.